The van der Waals surface area contributed by atoms with Gasteiger partial charge in [0.2, 0.25) is 15.9 Å². The number of nitrogens with one attached hydrogen (secondary N) is 2. The van der Waals surface area contributed by atoms with E-state index >= 15 is 0 Å². The van der Waals surface area contributed by atoms with E-state index in [1.165, 1.54) is 11.1 Å². The Bertz CT molecular complexity index is 2530. The first-order valence-corrected chi connectivity index (χ1v) is 30.1. The number of benzene rings is 4. The van der Waals surface area contributed by atoms with Gasteiger partial charge in [0.05, 0.1) is 81.6 Å². The van der Waals surface area contributed by atoms with Crippen LogP contribution in [0.5, 0.6) is 0 Å². The van der Waals surface area contributed by atoms with Crippen molar-refractivity contribution in [2.24, 2.45) is 0 Å². The molecule has 418 valence electrons. The number of aryl methyl sites for hydroxylation is 1. The van der Waals surface area contributed by atoms with Gasteiger partial charge < -0.3 is 43.5 Å². The second-order valence-electron chi connectivity index (χ2n) is 19.1. The number of hydrogen-bond donors (Lipinski definition) is 2. The predicted molar refractivity (Wildman–Crippen MR) is 295 cm³/mol. The number of fused-ring (bicyclic) bond motifs is 2. The van der Waals surface area contributed by atoms with Gasteiger partial charge in [0.25, 0.3) is 0 Å². The minimum absolute atomic E-state index is 0.00507. The van der Waals surface area contributed by atoms with Gasteiger partial charge in [-0.2, -0.15) is 0 Å². The number of sulfone groups is 1. The Hall–Kier alpha value is -3.57. The van der Waals surface area contributed by atoms with E-state index in [1.54, 1.807) is 30.3 Å². The summed E-state index contributed by atoms with van der Waals surface area (Å²) in [6.07, 6.45) is 1.48. The maximum atomic E-state index is 13.0. The molecule has 2 heterocycles. The minimum atomic E-state index is -3.73. The topological polar surface area (TPSA) is 188 Å². The van der Waals surface area contributed by atoms with Crippen molar-refractivity contribution >= 4 is 66.4 Å². The Labute approximate surface area is 464 Å². The smallest absolute Gasteiger partial charge is 0.240 e. The van der Waals surface area contributed by atoms with Crippen molar-refractivity contribution in [3.8, 4) is 0 Å². The second-order valence-corrected chi connectivity index (χ2v) is 24.3. The first-order valence-electron chi connectivity index (χ1n) is 25.8. The molecule has 4 aromatic rings. The molecule has 2 atom stereocenters. The number of halogens is 3. The number of amides is 1. The van der Waals surface area contributed by atoms with E-state index in [0.29, 0.717) is 118 Å². The molecule has 0 bridgehead atoms. The van der Waals surface area contributed by atoms with Crippen molar-refractivity contribution in [3.63, 3.8) is 0 Å². The number of hydrogen-bond acceptors (Lipinski definition) is 14. The van der Waals surface area contributed by atoms with Gasteiger partial charge in [0.1, 0.15) is 5.78 Å². The molecular weight excluding hydrogens is 1080 g/mol. The fourth-order valence-corrected chi connectivity index (χ4v) is 12.4. The van der Waals surface area contributed by atoms with Gasteiger partial charge in [-0.15, -0.1) is 0 Å². The van der Waals surface area contributed by atoms with Crippen LogP contribution in [0.25, 0.3) is 0 Å². The third-order valence-electron chi connectivity index (χ3n) is 13.2. The lowest BCUT2D eigenvalue weighted by molar-refractivity contribution is -0.125. The number of sulfonamides is 1. The fourth-order valence-electron chi connectivity index (χ4n) is 9.26. The van der Waals surface area contributed by atoms with E-state index in [9.17, 15) is 26.4 Å². The molecule has 2 aliphatic heterocycles. The van der Waals surface area contributed by atoms with Crippen LogP contribution in [0.1, 0.15) is 82.9 Å². The zero-order valence-electron chi connectivity index (χ0n) is 43.8. The maximum absolute atomic E-state index is 13.0. The van der Waals surface area contributed by atoms with Crippen LogP contribution < -0.4 is 10.0 Å². The van der Waals surface area contributed by atoms with Gasteiger partial charge in [-0.25, -0.2) is 21.6 Å². The quantitative estimate of drug-likeness (QED) is 0.0435. The number of Topliss-reactive ketones (excluding diaryl/α,β-unsaturated/α-hetero) is 1. The van der Waals surface area contributed by atoms with E-state index in [4.69, 9.17) is 63.2 Å². The zero-order chi connectivity index (χ0) is 54.5. The summed E-state index contributed by atoms with van der Waals surface area (Å²) >= 11 is 19.2. The molecule has 2 unspecified atom stereocenters. The number of ether oxygens (including phenoxy) is 6. The highest BCUT2D eigenvalue weighted by Crippen LogP contribution is 2.39. The second kappa shape index (κ2) is 31.3. The highest BCUT2D eigenvalue weighted by Gasteiger charge is 2.29. The lowest BCUT2D eigenvalue weighted by atomic mass is 9.83. The van der Waals surface area contributed by atoms with Crippen LogP contribution in [0.4, 0.5) is 0 Å². The molecule has 0 spiro atoms. The van der Waals surface area contributed by atoms with Gasteiger partial charge in [-0.1, -0.05) is 59.1 Å². The fraction of sp³-hybridized carbons (Fsp3) is 0.527. The Kier molecular flexibility index (Phi) is 25.4. The van der Waals surface area contributed by atoms with Crippen molar-refractivity contribution < 1.29 is 54.8 Å². The molecule has 0 aromatic heterocycles. The summed E-state index contributed by atoms with van der Waals surface area (Å²) in [6.45, 7) is 9.44. The number of ketones is 1. The number of carbonyl (C=O) groups is 2. The van der Waals surface area contributed by atoms with Crippen molar-refractivity contribution in [1.82, 2.24) is 19.8 Å². The molecule has 4 aromatic carbocycles. The molecule has 16 nitrogen and oxygen atoms in total. The van der Waals surface area contributed by atoms with Crippen molar-refractivity contribution in [1.29, 1.82) is 0 Å². The third-order valence-corrected chi connectivity index (χ3v) is 17.2. The summed E-state index contributed by atoms with van der Waals surface area (Å²) in [6, 6.07) is 21.8. The average Bonchev–Trinajstić information content (AvgIpc) is 3.40. The molecule has 2 aliphatic rings. The van der Waals surface area contributed by atoms with Crippen LogP contribution in [-0.4, -0.2) is 164 Å². The minimum Gasteiger partial charge on any atom is -0.379 e. The van der Waals surface area contributed by atoms with Gasteiger partial charge in [0, 0.05) is 98.6 Å². The third kappa shape index (κ3) is 19.7. The van der Waals surface area contributed by atoms with Crippen molar-refractivity contribution in [2.45, 2.75) is 73.7 Å². The predicted octanol–water partition coefficient (Wildman–Crippen LogP) is 7.60. The van der Waals surface area contributed by atoms with E-state index in [1.807, 2.05) is 49.5 Å². The summed E-state index contributed by atoms with van der Waals surface area (Å²) in [4.78, 5) is 29.3. The Morgan fingerprint density at radius 1 is 0.566 bits per heavy atom. The van der Waals surface area contributed by atoms with Crippen LogP contribution in [0.15, 0.2) is 82.6 Å². The van der Waals surface area contributed by atoms with Crippen LogP contribution >= 0.6 is 34.8 Å². The van der Waals surface area contributed by atoms with Crippen LogP contribution in [-0.2, 0) is 71.0 Å². The van der Waals surface area contributed by atoms with E-state index in [-0.39, 0.29) is 66.8 Å². The van der Waals surface area contributed by atoms with Crippen molar-refractivity contribution in [2.75, 3.05) is 125 Å². The van der Waals surface area contributed by atoms with Crippen LogP contribution in [0.2, 0.25) is 15.1 Å². The number of carbonyl (C=O) groups excluding carboxylic acids is 2. The molecule has 6 rings (SSSR count). The van der Waals surface area contributed by atoms with Crippen molar-refractivity contribution in [3.05, 3.63) is 127 Å². The molecule has 21 heteroatoms. The van der Waals surface area contributed by atoms with Gasteiger partial charge >= 0.3 is 0 Å². The van der Waals surface area contributed by atoms with E-state index in [2.05, 4.69) is 33.8 Å². The highest BCUT2D eigenvalue weighted by atomic mass is 35.5. The van der Waals surface area contributed by atoms with Gasteiger partial charge in [-0.05, 0) is 121 Å². The standard InChI is InChI=1S/C55H73Cl3N4O12S2/c1-40-32-43(56)33-48-50(40)36-61(2)37-51(48)41-7-12-46(13-8-41)75(65,66)31-5-20-70-24-28-73-27-23-69-19-4-6-45(63)11-16-55(64)59-17-21-71-25-29-74-30-26-72-22-18-60-76(67,68)47-14-9-42(10-15-47)52-38-62(3)39-53-49(52)34-44(57)35-54(53)58/h7-10,12-15,32-35,51-52,60H,4-6,11,16-31,36-39H2,1-3H3,(H,59,64). The SMILES string of the molecule is Cc1cc(Cl)cc2c1CN(C)CC2c1ccc(S(=O)(=O)CCCOCCOCCOCCCC(=O)CCC(=O)NCCOCCOCCOCCNS(=O)(=O)c2ccc(C3CN(C)Cc4c(Cl)cc(Cl)cc43)cc2)cc1. The highest BCUT2D eigenvalue weighted by molar-refractivity contribution is 7.91. The molecule has 0 aliphatic carbocycles. The van der Waals surface area contributed by atoms with E-state index in [0.717, 1.165) is 47.5 Å². The summed E-state index contributed by atoms with van der Waals surface area (Å²) in [5.41, 5.74) is 7.75. The number of likely N-dealkylation sites (N-methyl/N-ethyl adjacent to an activating group) is 2. The molecule has 0 saturated heterocycles. The van der Waals surface area contributed by atoms with Crippen LogP contribution in [0, 0.1) is 6.92 Å². The molecule has 0 saturated carbocycles. The van der Waals surface area contributed by atoms with Crippen LogP contribution in [0.3, 0.4) is 0 Å². The summed E-state index contributed by atoms with van der Waals surface area (Å²) in [5, 5.41) is 4.65. The lowest BCUT2D eigenvalue weighted by Gasteiger charge is -2.34. The molecule has 1 amide bonds. The Morgan fingerprint density at radius 2 is 1.04 bits per heavy atom. The normalized spacial score (nSPS) is 16.1. The number of nitrogens with zero attached hydrogens (tertiary/aromatic N) is 2. The molecule has 76 heavy (non-hydrogen) atoms. The monoisotopic (exact) mass is 1150 g/mol. The summed E-state index contributed by atoms with van der Waals surface area (Å²) in [7, 11) is -3.08. The Balaban J connectivity index is 0.681. The lowest BCUT2D eigenvalue weighted by Crippen LogP contribution is -2.31. The molecule has 0 fully saturated rings. The first kappa shape index (κ1) is 61.6. The Morgan fingerprint density at radius 3 is 1.62 bits per heavy atom. The zero-order valence-corrected chi connectivity index (χ0v) is 47.7. The molecule has 2 N–H and O–H groups in total. The summed E-state index contributed by atoms with van der Waals surface area (Å²) in [5.74, 6) is -0.137. The number of rotatable bonds is 34. The molecular formula is C55H73Cl3N4O12S2. The first-order chi connectivity index (χ1) is 36.5. The van der Waals surface area contributed by atoms with Gasteiger partial charge in [0.15, 0.2) is 9.84 Å². The van der Waals surface area contributed by atoms with Gasteiger partial charge in [-0.3, -0.25) is 9.59 Å². The average molecular weight is 1150 g/mol. The van der Waals surface area contributed by atoms with E-state index < -0.39 is 19.9 Å². The summed E-state index contributed by atoms with van der Waals surface area (Å²) < 4.78 is 87.7. The maximum Gasteiger partial charge on any atom is 0.240 e. The largest absolute Gasteiger partial charge is 0.379 e. The molecule has 0 radical (unpaired) electrons.